The summed E-state index contributed by atoms with van der Waals surface area (Å²) in [6.45, 7) is 4.28. The van der Waals surface area contributed by atoms with E-state index in [1.54, 1.807) is 0 Å². The topological polar surface area (TPSA) is 84.9 Å². The fraction of sp³-hybridized carbons (Fsp3) is 0.214. The van der Waals surface area contributed by atoms with Crippen molar-refractivity contribution in [2.75, 3.05) is 0 Å². The van der Waals surface area contributed by atoms with E-state index in [2.05, 4.69) is 23.8 Å². The summed E-state index contributed by atoms with van der Waals surface area (Å²) in [5.41, 5.74) is 6.89. The summed E-state index contributed by atoms with van der Waals surface area (Å²) in [4.78, 5) is 8.03. The van der Waals surface area contributed by atoms with Crippen molar-refractivity contribution in [2.45, 2.75) is 19.8 Å². The second kappa shape index (κ2) is 5.48. The highest BCUT2D eigenvalue weighted by atomic mass is 16.5. The lowest BCUT2D eigenvalue weighted by atomic mass is 10.0. The molecule has 0 amide bonds. The first kappa shape index (κ1) is 13.0. The lowest BCUT2D eigenvalue weighted by Gasteiger charge is -2.08. The van der Waals surface area contributed by atoms with Crippen LogP contribution in [0.2, 0.25) is 0 Å². The Morgan fingerprint density at radius 2 is 1.84 bits per heavy atom. The molecule has 0 atom stereocenters. The quantitative estimate of drug-likeness (QED) is 0.650. The van der Waals surface area contributed by atoms with E-state index in [1.807, 2.05) is 24.3 Å². The molecular formula is C14H16N4O. The molecule has 0 unspecified atom stereocenters. The van der Waals surface area contributed by atoms with Crippen LogP contribution >= 0.6 is 0 Å². The van der Waals surface area contributed by atoms with Crippen molar-refractivity contribution >= 4 is 5.84 Å². The minimum atomic E-state index is -0.111. The minimum Gasteiger partial charge on any atom is -0.438 e. The van der Waals surface area contributed by atoms with Gasteiger partial charge in [-0.25, -0.2) is 9.97 Å². The number of rotatable bonds is 4. The first-order chi connectivity index (χ1) is 9.06. The van der Waals surface area contributed by atoms with E-state index in [9.17, 15) is 0 Å². The Bertz CT molecular complexity index is 561. The Balaban J connectivity index is 2.10. The van der Waals surface area contributed by atoms with Crippen molar-refractivity contribution in [1.29, 1.82) is 5.41 Å². The van der Waals surface area contributed by atoms with Gasteiger partial charge < -0.3 is 10.5 Å². The third-order valence-corrected chi connectivity index (χ3v) is 2.67. The summed E-state index contributed by atoms with van der Waals surface area (Å²) < 4.78 is 5.56. The highest BCUT2D eigenvalue weighted by Crippen LogP contribution is 2.22. The van der Waals surface area contributed by atoms with E-state index in [4.69, 9.17) is 15.9 Å². The number of nitrogen functional groups attached to an aromatic ring is 1. The lowest BCUT2D eigenvalue weighted by Crippen LogP contribution is -2.13. The van der Waals surface area contributed by atoms with E-state index in [0.29, 0.717) is 23.2 Å². The number of hydrogen-bond donors (Lipinski definition) is 2. The molecule has 0 bridgehead atoms. The molecule has 2 aromatic rings. The highest BCUT2D eigenvalue weighted by molar-refractivity contribution is 5.92. The second-order valence-corrected chi connectivity index (χ2v) is 4.48. The molecule has 0 aliphatic carbocycles. The number of hydrogen-bond acceptors (Lipinski definition) is 4. The van der Waals surface area contributed by atoms with Crippen molar-refractivity contribution in [1.82, 2.24) is 9.97 Å². The van der Waals surface area contributed by atoms with Crippen LogP contribution in [-0.2, 0) is 0 Å². The maximum Gasteiger partial charge on any atom is 0.237 e. The smallest absolute Gasteiger partial charge is 0.237 e. The molecule has 5 nitrogen and oxygen atoms in total. The zero-order valence-electron chi connectivity index (χ0n) is 10.9. The molecule has 0 radical (unpaired) electrons. The summed E-state index contributed by atoms with van der Waals surface area (Å²) in [7, 11) is 0. The Morgan fingerprint density at radius 1 is 1.16 bits per heavy atom. The van der Waals surface area contributed by atoms with Crippen molar-refractivity contribution in [3.63, 3.8) is 0 Å². The van der Waals surface area contributed by atoms with Gasteiger partial charge in [0.15, 0.2) is 0 Å². The van der Waals surface area contributed by atoms with Gasteiger partial charge in [0.1, 0.15) is 17.3 Å². The van der Waals surface area contributed by atoms with Gasteiger partial charge in [0.05, 0.1) is 12.4 Å². The summed E-state index contributed by atoms with van der Waals surface area (Å²) in [5.74, 6) is 1.46. The predicted octanol–water partition coefficient (Wildman–Crippen LogP) is 2.68. The Morgan fingerprint density at radius 3 is 2.32 bits per heavy atom. The molecule has 98 valence electrons. The number of nitrogens with zero attached hydrogens (tertiary/aromatic N) is 2. The molecule has 0 aliphatic rings. The first-order valence-electron chi connectivity index (χ1n) is 6.00. The minimum absolute atomic E-state index is 0.111. The van der Waals surface area contributed by atoms with Crippen LogP contribution in [0.4, 0.5) is 0 Å². The van der Waals surface area contributed by atoms with Gasteiger partial charge >= 0.3 is 0 Å². The van der Waals surface area contributed by atoms with Gasteiger partial charge in [0.2, 0.25) is 5.88 Å². The zero-order valence-corrected chi connectivity index (χ0v) is 10.9. The monoisotopic (exact) mass is 256 g/mol. The third-order valence-electron chi connectivity index (χ3n) is 2.67. The second-order valence-electron chi connectivity index (χ2n) is 4.48. The molecule has 1 heterocycles. The van der Waals surface area contributed by atoms with Gasteiger partial charge in [-0.2, -0.15) is 0 Å². The van der Waals surface area contributed by atoms with Crippen LogP contribution in [0.25, 0.3) is 0 Å². The molecule has 0 fully saturated rings. The molecule has 0 aliphatic heterocycles. The largest absolute Gasteiger partial charge is 0.438 e. The summed E-state index contributed by atoms with van der Waals surface area (Å²) >= 11 is 0. The van der Waals surface area contributed by atoms with Gasteiger partial charge in [-0.05, 0) is 23.6 Å². The van der Waals surface area contributed by atoms with Crippen LogP contribution in [0.5, 0.6) is 11.6 Å². The van der Waals surface area contributed by atoms with Gasteiger partial charge in [-0.3, -0.25) is 5.41 Å². The fourth-order valence-electron chi connectivity index (χ4n) is 1.55. The summed E-state index contributed by atoms with van der Waals surface area (Å²) in [6.07, 6.45) is 2.87. The van der Waals surface area contributed by atoms with Gasteiger partial charge in [-0.1, -0.05) is 26.0 Å². The van der Waals surface area contributed by atoms with Crippen LogP contribution in [0, 0.1) is 5.41 Å². The molecule has 3 N–H and O–H groups in total. The molecule has 5 heteroatoms. The number of amidine groups is 1. The van der Waals surface area contributed by atoms with E-state index in [0.717, 1.165) is 0 Å². The van der Waals surface area contributed by atoms with Crippen molar-refractivity contribution in [3.8, 4) is 11.6 Å². The van der Waals surface area contributed by atoms with Crippen LogP contribution in [0.15, 0.2) is 36.7 Å². The van der Waals surface area contributed by atoms with Crippen molar-refractivity contribution in [3.05, 3.63) is 47.9 Å². The fourth-order valence-corrected chi connectivity index (χ4v) is 1.55. The predicted molar refractivity (Wildman–Crippen MR) is 73.7 cm³/mol. The molecule has 1 aromatic carbocycles. The lowest BCUT2D eigenvalue weighted by molar-refractivity contribution is 0.459. The first-order valence-corrected chi connectivity index (χ1v) is 6.00. The number of aromatic nitrogens is 2. The number of benzene rings is 1. The van der Waals surface area contributed by atoms with E-state index < -0.39 is 0 Å². The summed E-state index contributed by atoms with van der Waals surface area (Å²) in [5, 5.41) is 7.23. The molecule has 19 heavy (non-hydrogen) atoms. The van der Waals surface area contributed by atoms with E-state index in [-0.39, 0.29) is 5.84 Å². The molecule has 1 aromatic heterocycles. The zero-order chi connectivity index (χ0) is 13.8. The van der Waals surface area contributed by atoms with Crippen LogP contribution in [-0.4, -0.2) is 15.8 Å². The SMILES string of the molecule is CC(C)c1ccc(Oc2cnc(C(=N)N)cn2)cc1. The maximum atomic E-state index is 7.23. The van der Waals surface area contributed by atoms with Gasteiger partial charge in [0, 0.05) is 0 Å². The molecular weight excluding hydrogens is 240 g/mol. The van der Waals surface area contributed by atoms with Crippen molar-refractivity contribution < 1.29 is 4.74 Å². The van der Waals surface area contributed by atoms with Crippen LogP contribution in [0.1, 0.15) is 31.0 Å². The number of nitrogens with one attached hydrogen (secondary N) is 1. The molecule has 0 spiro atoms. The maximum absolute atomic E-state index is 7.23. The van der Waals surface area contributed by atoms with Crippen LogP contribution < -0.4 is 10.5 Å². The average Bonchev–Trinajstić information content (AvgIpc) is 2.40. The third kappa shape index (κ3) is 3.28. The summed E-state index contributed by atoms with van der Waals surface area (Å²) in [6, 6.07) is 7.85. The molecule has 0 saturated carbocycles. The number of ether oxygens (including phenoxy) is 1. The average molecular weight is 256 g/mol. The Kier molecular flexibility index (Phi) is 3.75. The standard InChI is InChI=1S/C14H16N4O/c1-9(2)10-3-5-11(6-4-10)19-13-8-17-12(7-18-13)14(15)16/h3-9H,1-2H3,(H3,15,16). The highest BCUT2D eigenvalue weighted by Gasteiger charge is 2.03. The van der Waals surface area contributed by atoms with E-state index in [1.165, 1.54) is 18.0 Å². The number of nitrogens with two attached hydrogens (primary N) is 1. The Labute approximate surface area is 112 Å². The Hall–Kier alpha value is -2.43. The normalized spacial score (nSPS) is 10.5. The molecule has 2 rings (SSSR count). The van der Waals surface area contributed by atoms with Crippen molar-refractivity contribution in [2.24, 2.45) is 5.73 Å². The van der Waals surface area contributed by atoms with E-state index >= 15 is 0 Å². The molecule has 0 saturated heterocycles. The van der Waals surface area contributed by atoms with Gasteiger partial charge in [-0.15, -0.1) is 0 Å². The van der Waals surface area contributed by atoms with Gasteiger partial charge in [0.25, 0.3) is 0 Å². The van der Waals surface area contributed by atoms with Crippen LogP contribution in [0.3, 0.4) is 0 Å².